The molecule has 1 aliphatic rings. The van der Waals surface area contributed by atoms with Gasteiger partial charge >= 0.3 is 5.97 Å². The number of methoxy groups -OCH3 is 2. The Morgan fingerprint density at radius 3 is 2.36 bits per heavy atom. The minimum absolute atomic E-state index is 0.197. The van der Waals surface area contributed by atoms with Crippen molar-refractivity contribution in [2.45, 2.75) is 47.6 Å². The van der Waals surface area contributed by atoms with Crippen LogP contribution in [-0.2, 0) is 9.53 Å². The quantitative estimate of drug-likeness (QED) is 0.290. The standard InChI is InChI=1S/C33H35N3O5S/c1-9-41-32(38)29-21(5)34-33-36(30(29)26-11-10-25(39-7)17-27(26)40-8)31(37)28(42-33)16-23-15-20(4)35(22(23)6)24-13-18(2)12-19(3)14-24/h10-17,30H,9H2,1-8H3/b28-16+/t30-/m0/s1. The third-order valence-electron chi connectivity index (χ3n) is 7.47. The van der Waals surface area contributed by atoms with Crippen LogP contribution in [0, 0.1) is 27.7 Å². The molecule has 4 aromatic rings. The number of hydrogen-bond donors (Lipinski definition) is 0. The summed E-state index contributed by atoms with van der Waals surface area (Å²) in [5, 5.41) is 0. The van der Waals surface area contributed by atoms with Crippen molar-refractivity contribution in [3.05, 3.63) is 107 Å². The molecule has 0 saturated heterocycles. The number of carbonyl (C=O) groups is 1. The summed E-state index contributed by atoms with van der Waals surface area (Å²) in [5.74, 6) is 0.566. The van der Waals surface area contributed by atoms with Gasteiger partial charge in [-0.2, -0.15) is 0 Å². The smallest absolute Gasteiger partial charge is 0.338 e. The number of fused-ring (bicyclic) bond motifs is 1. The lowest BCUT2D eigenvalue weighted by Gasteiger charge is -2.26. The van der Waals surface area contributed by atoms with Crippen molar-refractivity contribution >= 4 is 23.4 Å². The van der Waals surface area contributed by atoms with Crippen molar-refractivity contribution in [1.82, 2.24) is 9.13 Å². The lowest BCUT2D eigenvalue weighted by atomic mass is 9.95. The molecule has 218 valence electrons. The molecule has 0 spiro atoms. The topological polar surface area (TPSA) is 84.1 Å². The predicted octanol–water partition coefficient (Wildman–Crippen LogP) is 4.84. The van der Waals surface area contributed by atoms with Crippen molar-refractivity contribution in [2.24, 2.45) is 4.99 Å². The number of carbonyl (C=O) groups excluding carboxylic acids is 1. The maximum atomic E-state index is 14.2. The van der Waals surface area contributed by atoms with E-state index < -0.39 is 12.0 Å². The Balaban J connectivity index is 1.72. The lowest BCUT2D eigenvalue weighted by Crippen LogP contribution is -2.40. The number of benzene rings is 2. The first-order chi connectivity index (χ1) is 20.1. The molecule has 5 rings (SSSR count). The van der Waals surface area contributed by atoms with Crippen LogP contribution in [0.1, 0.15) is 53.5 Å². The number of allylic oxidation sites excluding steroid dienone is 1. The third-order valence-corrected chi connectivity index (χ3v) is 8.46. The van der Waals surface area contributed by atoms with Gasteiger partial charge in [-0.25, -0.2) is 9.79 Å². The van der Waals surface area contributed by atoms with Crippen molar-refractivity contribution in [1.29, 1.82) is 0 Å². The summed E-state index contributed by atoms with van der Waals surface area (Å²) in [6, 6.07) is 13.1. The molecule has 0 fully saturated rings. The van der Waals surface area contributed by atoms with Gasteiger partial charge in [-0.3, -0.25) is 9.36 Å². The zero-order valence-electron chi connectivity index (χ0n) is 25.2. The van der Waals surface area contributed by atoms with E-state index >= 15 is 0 Å². The maximum Gasteiger partial charge on any atom is 0.338 e. The molecule has 0 N–H and O–H groups in total. The largest absolute Gasteiger partial charge is 0.497 e. The van der Waals surface area contributed by atoms with Gasteiger partial charge in [0, 0.05) is 28.7 Å². The summed E-state index contributed by atoms with van der Waals surface area (Å²) >= 11 is 1.30. The number of hydrogen-bond acceptors (Lipinski definition) is 7. The fourth-order valence-corrected chi connectivity index (χ4v) is 6.72. The monoisotopic (exact) mass is 585 g/mol. The Hall–Kier alpha value is -4.37. The first-order valence-electron chi connectivity index (χ1n) is 13.8. The molecule has 0 amide bonds. The second-order valence-corrected chi connectivity index (χ2v) is 11.4. The van der Waals surface area contributed by atoms with E-state index in [9.17, 15) is 9.59 Å². The Morgan fingerprint density at radius 1 is 1.00 bits per heavy atom. The second-order valence-electron chi connectivity index (χ2n) is 10.4. The Morgan fingerprint density at radius 2 is 1.71 bits per heavy atom. The van der Waals surface area contributed by atoms with Gasteiger partial charge in [-0.05, 0) is 94.6 Å². The van der Waals surface area contributed by atoms with Gasteiger partial charge in [0.05, 0.1) is 36.6 Å². The fourth-order valence-electron chi connectivity index (χ4n) is 5.68. The minimum atomic E-state index is -0.786. The van der Waals surface area contributed by atoms with Gasteiger partial charge in [0.2, 0.25) is 0 Å². The van der Waals surface area contributed by atoms with E-state index in [4.69, 9.17) is 19.2 Å². The number of ether oxygens (including phenoxy) is 3. The highest BCUT2D eigenvalue weighted by Crippen LogP contribution is 2.37. The van der Waals surface area contributed by atoms with Crippen LogP contribution in [0.4, 0.5) is 0 Å². The third kappa shape index (κ3) is 5.09. The van der Waals surface area contributed by atoms with Crippen LogP contribution < -0.4 is 24.4 Å². The lowest BCUT2D eigenvalue weighted by molar-refractivity contribution is -0.139. The van der Waals surface area contributed by atoms with E-state index in [1.807, 2.05) is 12.1 Å². The van der Waals surface area contributed by atoms with E-state index in [1.165, 1.54) is 22.5 Å². The molecule has 1 atom stereocenters. The second kappa shape index (κ2) is 11.5. The van der Waals surface area contributed by atoms with E-state index in [0.717, 1.165) is 22.6 Å². The predicted molar refractivity (Wildman–Crippen MR) is 165 cm³/mol. The van der Waals surface area contributed by atoms with E-state index in [1.54, 1.807) is 44.8 Å². The molecule has 42 heavy (non-hydrogen) atoms. The molecule has 0 bridgehead atoms. The number of esters is 1. The number of aryl methyl sites for hydroxylation is 3. The molecule has 9 heteroatoms. The molecule has 3 heterocycles. The van der Waals surface area contributed by atoms with Gasteiger partial charge in [-0.15, -0.1) is 0 Å². The van der Waals surface area contributed by atoms with Gasteiger partial charge in [0.25, 0.3) is 5.56 Å². The van der Waals surface area contributed by atoms with Crippen molar-refractivity contribution in [3.8, 4) is 17.2 Å². The molecule has 0 radical (unpaired) electrons. The van der Waals surface area contributed by atoms with Crippen molar-refractivity contribution < 1.29 is 19.0 Å². The zero-order valence-corrected chi connectivity index (χ0v) is 26.0. The van der Waals surface area contributed by atoms with Crippen LogP contribution in [0.3, 0.4) is 0 Å². The van der Waals surface area contributed by atoms with E-state index in [0.29, 0.717) is 37.7 Å². The number of thiazole rings is 1. The summed E-state index contributed by atoms with van der Waals surface area (Å²) < 4.78 is 20.8. The first-order valence-corrected chi connectivity index (χ1v) is 14.6. The molecule has 0 aliphatic carbocycles. The van der Waals surface area contributed by atoms with Crippen molar-refractivity contribution in [2.75, 3.05) is 20.8 Å². The molecule has 0 saturated carbocycles. The van der Waals surface area contributed by atoms with Crippen LogP contribution in [0.15, 0.2) is 63.5 Å². The highest BCUT2D eigenvalue weighted by Gasteiger charge is 2.35. The zero-order chi connectivity index (χ0) is 30.3. The molecular formula is C33H35N3O5S. The van der Waals surface area contributed by atoms with Crippen LogP contribution in [0.5, 0.6) is 11.5 Å². The average Bonchev–Trinajstić information content (AvgIpc) is 3.40. The van der Waals surface area contributed by atoms with Crippen LogP contribution in [0.25, 0.3) is 11.8 Å². The molecule has 2 aromatic heterocycles. The van der Waals surface area contributed by atoms with Crippen LogP contribution in [0.2, 0.25) is 0 Å². The summed E-state index contributed by atoms with van der Waals surface area (Å²) in [7, 11) is 3.12. The Kier molecular flexibility index (Phi) is 7.97. The van der Waals surface area contributed by atoms with Crippen LogP contribution in [-0.4, -0.2) is 35.9 Å². The molecular weight excluding hydrogens is 550 g/mol. The average molecular weight is 586 g/mol. The van der Waals surface area contributed by atoms with E-state index in [2.05, 4.69) is 56.5 Å². The van der Waals surface area contributed by atoms with Crippen LogP contribution >= 0.6 is 11.3 Å². The van der Waals surface area contributed by atoms with Gasteiger partial charge in [0.1, 0.15) is 17.5 Å². The number of aromatic nitrogens is 2. The SMILES string of the molecule is CCOC(=O)C1=C(C)N=c2s/c(=C/c3cc(C)n(-c4cc(C)cc(C)c4)c3C)c(=O)n2[C@H]1c1ccc(OC)cc1OC. The highest BCUT2D eigenvalue weighted by atomic mass is 32.1. The highest BCUT2D eigenvalue weighted by molar-refractivity contribution is 7.07. The minimum Gasteiger partial charge on any atom is -0.497 e. The summed E-state index contributed by atoms with van der Waals surface area (Å²) in [6.45, 7) is 12.0. The number of nitrogens with zero attached hydrogens (tertiary/aromatic N) is 3. The van der Waals surface area contributed by atoms with Gasteiger partial charge in [-0.1, -0.05) is 17.4 Å². The first kappa shape index (κ1) is 29.1. The Bertz CT molecular complexity index is 1910. The Labute approximate surface area is 248 Å². The summed E-state index contributed by atoms with van der Waals surface area (Å²) in [6.07, 6.45) is 1.91. The molecule has 8 nitrogen and oxygen atoms in total. The number of rotatable bonds is 7. The summed E-state index contributed by atoms with van der Waals surface area (Å²) in [4.78, 5) is 32.6. The van der Waals surface area contributed by atoms with Crippen molar-refractivity contribution in [3.63, 3.8) is 0 Å². The normalized spacial score (nSPS) is 15.0. The fraction of sp³-hybridized carbons (Fsp3) is 0.303. The molecule has 2 aromatic carbocycles. The van der Waals surface area contributed by atoms with E-state index in [-0.39, 0.29) is 12.2 Å². The summed E-state index contributed by atoms with van der Waals surface area (Å²) in [5.41, 5.74) is 7.69. The van der Waals surface area contributed by atoms with Gasteiger partial charge in [0.15, 0.2) is 4.80 Å². The molecule has 1 aliphatic heterocycles. The van der Waals surface area contributed by atoms with Gasteiger partial charge < -0.3 is 18.8 Å². The maximum absolute atomic E-state index is 14.2. The molecule has 0 unspecified atom stereocenters.